The minimum atomic E-state index is -1.78. The number of nitrogens with zero attached hydrogens (tertiary/aromatic N) is 4. The molecule has 1 saturated carbocycles. The highest BCUT2D eigenvalue weighted by Gasteiger charge is 2.43. The number of amides is 10. The summed E-state index contributed by atoms with van der Waals surface area (Å²) in [5.41, 5.74) is 27.6. The third kappa shape index (κ3) is 19.3. The number of nitrogens with two attached hydrogens (primary N) is 3. The summed E-state index contributed by atoms with van der Waals surface area (Å²) in [7, 11) is 2.50. The van der Waals surface area contributed by atoms with Crippen LogP contribution in [0, 0.1) is 9.49 Å². The maximum Gasteiger partial charge on any atom is 0.246 e. The first-order chi connectivity index (χ1) is 39.0. The molecule has 2 aromatic carbocycles. The molecule has 0 aromatic heterocycles. The minimum absolute atomic E-state index is 0.0225. The lowest BCUT2D eigenvalue weighted by molar-refractivity contribution is -0.142. The summed E-state index contributed by atoms with van der Waals surface area (Å²) in [5.74, 6) is -9.20. The van der Waals surface area contributed by atoms with Crippen molar-refractivity contribution in [2.45, 2.75) is 170 Å². The van der Waals surface area contributed by atoms with Gasteiger partial charge < -0.3 is 69.5 Å². The summed E-state index contributed by atoms with van der Waals surface area (Å²) in [6.07, 6.45) is 2.01. The maximum atomic E-state index is 15.0. The maximum absolute atomic E-state index is 15.0. The van der Waals surface area contributed by atoms with Crippen LogP contribution < -0.4 is 54.4 Å². The molecule has 10 amide bonds. The van der Waals surface area contributed by atoms with Crippen LogP contribution in [0.25, 0.3) is 10.4 Å². The normalized spacial score (nSPS) is 23.6. The second-order valence-corrected chi connectivity index (χ2v) is 25.0. The zero-order valence-corrected chi connectivity index (χ0v) is 49.8. The average molecular weight is 1290 g/mol. The van der Waals surface area contributed by atoms with E-state index in [1.54, 1.807) is 44.2 Å². The van der Waals surface area contributed by atoms with Crippen LogP contribution in [0.2, 0.25) is 0 Å². The standard InChI is InChI=1S/C53H75IN14O12S2/c1-4-28(2)43-50(78)65-44(29(3)69)51(79)62-38(25-41(56)71)47(75)63-39(27-81-82-53(18-6-5-7-19-53)26-42(72)59-37(48(76)64-43)23-30-12-15-32(70)16-13-30)52(80)68-21-9-11-40(68)49(77)60-35(10-8-20-55)46(74)61-36(45(57)73)24-31-14-17-34(66-67-58)33(54)22-31/h12-17,22,28-29,35-40,43-44,69-70H,4-11,18-21,23-27,55H2,1-3H3,(H2,56,71)(H2,57,73)(H,59,72)(H,60,77)(H,61,74)(H,62,79)(H,63,75)(H,64,76)(H,65,78)/t28-,29+,35-,36-,37-,38-,39-,40-,43-,44-/m0/s1. The Balaban J connectivity index is 1.47. The van der Waals surface area contributed by atoms with Gasteiger partial charge >= 0.3 is 0 Å². The number of halogens is 1. The highest BCUT2D eigenvalue weighted by molar-refractivity contribution is 14.1. The van der Waals surface area contributed by atoms with Crippen LogP contribution in [-0.2, 0) is 60.8 Å². The van der Waals surface area contributed by atoms with E-state index in [0.29, 0.717) is 46.1 Å². The minimum Gasteiger partial charge on any atom is -0.508 e. The first kappa shape index (κ1) is 66.4. The van der Waals surface area contributed by atoms with Crippen LogP contribution in [0.4, 0.5) is 5.69 Å². The number of primary amides is 2. The molecule has 15 N–H and O–H groups in total. The van der Waals surface area contributed by atoms with Crippen molar-refractivity contribution >= 4 is 109 Å². The van der Waals surface area contributed by atoms with Crippen molar-refractivity contribution in [2.75, 3.05) is 18.8 Å². The van der Waals surface area contributed by atoms with Gasteiger partial charge in [0, 0.05) is 44.8 Å². The number of azide groups is 1. The number of aliphatic hydroxyl groups excluding tert-OH is 1. The zero-order chi connectivity index (χ0) is 60.3. The molecule has 2 saturated heterocycles. The molecule has 0 radical (unpaired) electrons. The number of aliphatic hydroxyl groups is 1. The summed E-state index contributed by atoms with van der Waals surface area (Å²) in [5, 5.41) is 43.1. The summed E-state index contributed by atoms with van der Waals surface area (Å²) in [6, 6.07) is -0.372. The smallest absolute Gasteiger partial charge is 0.246 e. The lowest BCUT2D eigenvalue weighted by Gasteiger charge is -2.37. The van der Waals surface area contributed by atoms with Gasteiger partial charge in [-0.25, -0.2) is 0 Å². The highest BCUT2D eigenvalue weighted by atomic mass is 127. The second-order valence-electron chi connectivity index (χ2n) is 21.0. The summed E-state index contributed by atoms with van der Waals surface area (Å²) >= 11 is 1.96. The number of hydrogen-bond donors (Lipinski definition) is 12. The van der Waals surface area contributed by atoms with Crippen molar-refractivity contribution in [3.8, 4) is 5.75 Å². The fourth-order valence-corrected chi connectivity index (χ4v) is 14.0. The molecular formula is C53H75IN14O12S2. The quantitative estimate of drug-likeness (QED) is 0.0308. The van der Waals surface area contributed by atoms with E-state index in [0.717, 1.165) is 19.3 Å². The molecule has 1 spiro atoms. The molecule has 0 bridgehead atoms. The SMILES string of the molecule is CC[C@H](C)[C@@H]1NC(=O)[C@H](Cc2ccc(O)cc2)NC(=O)CC2(CCCCC2)SSC[C@@H](C(=O)N2CCC[C@H]2C(=O)N[C@@H](CCCN)C(=O)N[C@@H](Cc2ccc(N=[N+]=[N-])c(I)c2)C(N)=O)NC(=O)[C@H](CC(N)=O)NC(=O)[C@H]([C@@H](C)O)NC1=O. The number of carbonyl (C=O) groups excluding carboxylic acids is 10. The summed E-state index contributed by atoms with van der Waals surface area (Å²) in [4.78, 5) is 144. The Morgan fingerprint density at radius 1 is 0.866 bits per heavy atom. The van der Waals surface area contributed by atoms with E-state index in [2.05, 4.69) is 47.2 Å². The van der Waals surface area contributed by atoms with Gasteiger partial charge in [0.25, 0.3) is 0 Å². The third-order valence-electron chi connectivity index (χ3n) is 14.7. The fraction of sp³-hybridized carbons (Fsp3) is 0.585. The Kier molecular flexibility index (Phi) is 25.8. The number of phenolic OH excluding ortho intramolecular Hbond substituents is 1. The molecule has 1 aliphatic carbocycles. The van der Waals surface area contributed by atoms with Gasteiger partial charge in [-0.3, -0.25) is 47.9 Å². The lowest BCUT2D eigenvalue weighted by atomic mass is 9.85. The van der Waals surface area contributed by atoms with E-state index in [4.69, 9.17) is 22.7 Å². The van der Waals surface area contributed by atoms with E-state index in [9.17, 15) is 53.4 Å². The topological polar surface area (TPSA) is 425 Å². The molecule has 448 valence electrons. The van der Waals surface area contributed by atoms with Crippen molar-refractivity contribution in [1.29, 1.82) is 0 Å². The highest BCUT2D eigenvalue weighted by Crippen LogP contribution is 2.48. The Morgan fingerprint density at radius 3 is 2.15 bits per heavy atom. The van der Waals surface area contributed by atoms with E-state index < -0.39 is 131 Å². The monoisotopic (exact) mass is 1290 g/mol. The summed E-state index contributed by atoms with van der Waals surface area (Å²) in [6.45, 7) is 4.81. The lowest BCUT2D eigenvalue weighted by Crippen LogP contribution is -2.63. The Hall–Kier alpha value is -6.40. The average Bonchev–Trinajstić information content (AvgIpc) is 4.16. The molecule has 10 atom stereocenters. The first-order valence-electron chi connectivity index (χ1n) is 27.3. The van der Waals surface area contributed by atoms with Crippen molar-refractivity contribution in [3.63, 3.8) is 0 Å². The Morgan fingerprint density at radius 2 is 1.52 bits per heavy atom. The predicted molar refractivity (Wildman–Crippen MR) is 315 cm³/mol. The molecule has 3 aliphatic rings. The number of hydrogen-bond acceptors (Lipinski definition) is 16. The second kappa shape index (κ2) is 31.9. The molecule has 2 heterocycles. The van der Waals surface area contributed by atoms with Crippen LogP contribution in [0.5, 0.6) is 5.75 Å². The molecule has 2 aromatic rings. The van der Waals surface area contributed by atoms with E-state index in [1.165, 1.54) is 45.5 Å². The van der Waals surface area contributed by atoms with Gasteiger partial charge in [-0.15, -0.1) is 0 Å². The van der Waals surface area contributed by atoms with Crippen LogP contribution in [-0.4, -0.2) is 152 Å². The van der Waals surface area contributed by atoms with Gasteiger partial charge in [0.1, 0.15) is 54.1 Å². The largest absolute Gasteiger partial charge is 0.508 e. The van der Waals surface area contributed by atoms with Crippen molar-refractivity contribution in [2.24, 2.45) is 28.2 Å². The van der Waals surface area contributed by atoms with Crippen LogP contribution >= 0.6 is 44.2 Å². The number of phenols is 1. The zero-order valence-electron chi connectivity index (χ0n) is 46.0. The van der Waals surface area contributed by atoms with Crippen molar-refractivity contribution in [1.82, 2.24) is 42.1 Å². The van der Waals surface area contributed by atoms with E-state index in [1.807, 2.05) is 22.6 Å². The predicted octanol–water partition coefficient (Wildman–Crippen LogP) is 1.12. The van der Waals surface area contributed by atoms with Gasteiger partial charge in [0.15, 0.2) is 0 Å². The van der Waals surface area contributed by atoms with Crippen molar-refractivity contribution < 1.29 is 58.2 Å². The number of aromatic hydroxyl groups is 1. The molecular weight excluding hydrogens is 1220 g/mol. The molecule has 0 unspecified atom stereocenters. The fourth-order valence-electron chi connectivity index (χ4n) is 9.95. The molecule has 5 rings (SSSR count). The Bertz CT molecular complexity index is 2700. The number of rotatable bonds is 19. The van der Waals surface area contributed by atoms with Crippen LogP contribution in [0.1, 0.15) is 109 Å². The number of likely N-dealkylation sites (tertiary alicyclic amines) is 1. The van der Waals surface area contributed by atoms with E-state index >= 15 is 4.79 Å². The third-order valence-corrected chi connectivity index (χ3v) is 18.9. The molecule has 82 heavy (non-hydrogen) atoms. The van der Waals surface area contributed by atoms with Crippen LogP contribution in [0.15, 0.2) is 47.6 Å². The molecule has 3 fully saturated rings. The molecule has 29 heteroatoms. The summed E-state index contributed by atoms with van der Waals surface area (Å²) < 4.78 is -0.165. The number of nitrogens with one attached hydrogen (secondary N) is 7. The number of carbonyl (C=O) groups is 10. The van der Waals surface area contributed by atoms with Gasteiger partial charge in [-0.1, -0.05) is 90.5 Å². The van der Waals surface area contributed by atoms with Crippen LogP contribution in [0.3, 0.4) is 0 Å². The Labute approximate surface area is 496 Å². The number of benzene rings is 2. The van der Waals surface area contributed by atoms with Crippen molar-refractivity contribution in [3.05, 3.63) is 67.6 Å². The van der Waals surface area contributed by atoms with Gasteiger partial charge in [0.2, 0.25) is 59.1 Å². The van der Waals surface area contributed by atoms with Gasteiger partial charge in [-0.05, 0) is 115 Å². The van der Waals surface area contributed by atoms with Gasteiger partial charge in [0.05, 0.1) is 18.2 Å². The van der Waals surface area contributed by atoms with E-state index in [-0.39, 0.29) is 63.1 Å². The molecule has 2 aliphatic heterocycles. The molecule has 26 nitrogen and oxygen atoms in total. The van der Waals surface area contributed by atoms with Gasteiger partial charge in [-0.2, -0.15) is 0 Å². The first-order valence-corrected chi connectivity index (χ1v) is 30.7.